The Morgan fingerprint density at radius 2 is 1.97 bits per heavy atom. The van der Waals surface area contributed by atoms with E-state index in [0.29, 0.717) is 12.1 Å². The van der Waals surface area contributed by atoms with Gasteiger partial charge in [-0.05, 0) is 53.9 Å². The summed E-state index contributed by atoms with van der Waals surface area (Å²) >= 11 is 1.53. The van der Waals surface area contributed by atoms with Crippen LogP contribution in [0, 0.1) is 5.41 Å². The van der Waals surface area contributed by atoms with E-state index in [1.54, 1.807) is 22.9 Å². The Kier molecular flexibility index (Phi) is 5.34. The predicted octanol–water partition coefficient (Wildman–Crippen LogP) is 4.08. The molecule has 3 heterocycles. The van der Waals surface area contributed by atoms with Crippen LogP contribution < -0.4 is 11.1 Å². The zero-order chi connectivity index (χ0) is 23.8. The van der Waals surface area contributed by atoms with E-state index in [9.17, 15) is 9.90 Å². The Bertz CT molecular complexity index is 1520. The summed E-state index contributed by atoms with van der Waals surface area (Å²) < 4.78 is 3.67. The molecule has 0 saturated heterocycles. The molecule has 5 N–H and O–H groups in total. The summed E-state index contributed by atoms with van der Waals surface area (Å²) in [5.74, 6) is -0.194. The molecule has 3 aromatic heterocycles. The van der Waals surface area contributed by atoms with E-state index in [1.807, 2.05) is 59.5 Å². The lowest BCUT2D eigenvalue weighted by molar-refractivity contribution is 0.0690. The van der Waals surface area contributed by atoms with Gasteiger partial charge in [0.05, 0.1) is 33.8 Å². The molecule has 0 fully saturated rings. The second-order valence-electron chi connectivity index (χ2n) is 7.71. The zero-order valence-electron chi connectivity index (χ0n) is 18.2. The fourth-order valence-electron chi connectivity index (χ4n) is 3.76. The van der Waals surface area contributed by atoms with Gasteiger partial charge in [-0.15, -0.1) is 11.3 Å². The van der Waals surface area contributed by atoms with Crippen LogP contribution in [0.15, 0.2) is 66.0 Å². The molecule has 34 heavy (non-hydrogen) atoms. The van der Waals surface area contributed by atoms with Crippen molar-refractivity contribution in [1.82, 2.24) is 19.3 Å². The van der Waals surface area contributed by atoms with E-state index in [0.717, 1.165) is 38.8 Å². The summed E-state index contributed by atoms with van der Waals surface area (Å²) in [6.07, 6.45) is 0. The van der Waals surface area contributed by atoms with Crippen molar-refractivity contribution in [2.75, 3.05) is 5.32 Å². The van der Waals surface area contributed by atoms with Crippen LogP contribution >= 0.6 is 11.3 Å². The molecule has 0 spiro atoms. The minimum Gasteiger partial charge on any atom is -0.476 e. The topological polar surface area (TPSA) is 135 Å². The lowest BCUT2D eigenvalue weighted by Gasteiger charge is -2.08. The lowest BCUT2D eigenvalue weighted by Crippen LogP contribution is -2.11. The van der Waals surface area contributed by atoms with Gasteiger partial charge in [0, 0.05) is 24.4 Å². The van der Waals surface area contributed by atoms with Crippen LogP contribution in [0.3, 0.4) is 0 Å². The predicted molar refractivity (Wildman–Crippen MR) is 133 cm³/mol. The van der Waals surface area contributed by atoms with Gasteiger partial charge in [-0.1, -0.05) is 6.07 Å². The number of nitrogens with zero attached hydrogens (tertiary/aromatic N) is 4. The number of aryl methyl sites for hydroxylation is 1. The average Bonchev–Trinajstić information content (AvgIpc) is 3.57. The van der Waals surface area contributed by atoms with Crippen LogP contribution in [0.2, 0.25) is 0 Å². The van der Waals surface area contributed by atoms with Crippen molar-refractivity contribution >= 4 is 39.9 Å². The summed E-state index contributed by atoms with van der Waals surface area (Å²) in [7, 11) is 1.96. The number of fused-ring (bicyclic) bond motifs is 1. The minimum absolute atomic E-state index is 0.00908. The molecule has 0 unspecified atom stereocenters. The first-order valence-corrected chi connectivity index (χ1v) is 11.3. The Morgan fingerprint density at radius 1 is 1.18 bits per heavy atom. The van der Waals surface area contributed by atoms with E-state index < -0.39 is 5.97 Å². The van der Waals surface area contributed by atoms with Gasteiger partial charge in [0.15, 0.2) is 5.69 Å². The number of aromatic carboxylic acids is 1. The number of amidine groups is 1. The van der Waals surface area contributed by atoms with Crippen molar-refractivity contribution < 1.29 is 9.90 Å². The van der Waals surface area contributed by atoms with Crippen LogP contribution in [0.25, 0.3) is 27.3 Å². The average molecular weight is 472 g/mol. The summed E-state index contributed by atoms with van der Waals surface area (Å²) in [4.78, 5) is 17.3. The third-order valence-electron chi connectivity index (χ3n) is 5.55. The molecule has 0 saturated carbocycles. The van der Waals surface area contributed by atoms with Crippen molar-refractivity contribution in [3.63, 3.8) is 0 Å². The molecule has 2 aromatic carbocycles. The maximum atomic E-state index is 11.6. The molecular weight excluding hydrogens is 450 g/mol. The highest BCUT2D eigenvalue weighted by Crippen LogP contribution is 2.29. The molecule has 10 heteroatoms. The number of rotatable bonds is 7. The molecule has 170 valence electrons. The Labute approximate surface area is 198 Å². The number of thiophene rings is 1. The number of anilines is 1. The second-order valence-corrected chi connectivity index (χ2v) is 8.66. The largest absolute Gasteiger partial charge is 0.476 e. The van der Waals surface area contributed by atoms with E-state index in [2.05, 4.69) is 10.4 Å². The SMILES string of the molecule is Cn1c(CNc2ccc(C(=N)N)cc2)nc2cc(-n3nc(C(=O)O)cc3-c3cccs3)ccc21. The molecular formula is C24H21N7O2S. The van der Waals surface area contributed by atoms with Crippen LogP contribution in [0.4, 0.5) is 5.69 Å². The van der Waals surface area contributed by atoms with Crippen molar-refractivity contribution in [3.05, 3.63) is 83.1 Å². The van der Waals surface area contributed by atoms with Gasteiger partial charge >= 0.3 is 5.97 Å². The number of nitrogen functional groups attached to an aromatic ring is 1. The molecule has 0 aliphatic heterocycles. The number of carboxylic acid groups (broad SMARTS) is 1. The maximum Gasteiger partial charge on any atom is 0.356 e. The van der Waals surface area contributed by atoms with Crippen LogP contribution in [0.5, 0.6) is 0 Å². The summed E-state index contributed by atoms with van der Waals surface area (Å²) in [6.45, 7) is 0.505. The standard InChI is InChI=1S/C24H21N7O2S/c1-30-19-9-8-16(31-20(21-3-2-10-34-21)12-18(29-31)24(32)33)11-17(19)28-22(30)13-27-15-6-4-14(5-7-15)23(25)26/h2-12,27H,13H2,1H3,(H3,25,26)(H,32,33). The third-order valence-corrected chi connectivity index (χ3v) is 6.44. The number of nitrogens with one attached hydrogen (secondary N) is 2. The molecule has 0 atom stereocenters. The summed E-state index contributed by atoms with van der Waals surface area (Å²) in [6, 6.07) is 18.6. The lowest BCUT2D eigenvalue weighted by atomic mass is 10.2. The molecule has 0 aliphatic rings. The highest BCUT2D eigenvalue weighted by molar-refractivity contribution is 7.13. The van der Waals surface area contributed by atoms with Gasteiger partial charge in [-0.25, -0.2) is 14.5 Å². The molecule has 0 amide bonds. The van der Waals surface area contributed by atoms with Crippen LogP contribution in [-0.2, 0) is 13.6 Å². The number of imidazole rings is 1. The van der Waals surface area contributed by atoms with Gasteiger partial charge in [0.1, 0.15) is 11.7 Å². The Morgan fingerprint density at radius 3 is 2.65 bits per heavy atom. The molecule has 5 rings (SSSR count). The number of carbonyl (C=O) groups is 1. The minimum atomic E-state index is -1.07. The van der Waals surface area contributed by atoms with Gasteiger partial charge in [0.2, 0.25) is 0 Å². The van der Waals surface area contributed by atoms with Gasteiger partial charge < -0.3 is 20.7 Å². The number of carboxylic acids is 1. The number of benzene rings is 2. The van der Waals surface area contributed by atoms with Gasteiger partial charge in [-0.3, -0.25) is 5.41 Å². The molecule has 0 radical (unpaired) electrons. The quantitative estimate of drug-likeness (QED) is 0.209. The fraction of sp³-hybridized carbons (Fsp3) is 0.0833. The monoisotopic (exact) mass is 471 g/mol. The number of hydrogen-bond donors (Lipinski definition) is 4. The molecule has 5 aromatic rings. The number of hydrogen-bond acceptors (Lipinski definition) is 6. The van der Waals surface area contributed by atoms with E-state index in [4.69, 9.17) is 16.1 Å². The smallest absolute Gasteiger partial charge is 0.356 e. The van der Waals surface area contributed by atoms with Crippen LogP contribution in [-0.4, -0.2) is 36.2 Å². The van der Waals surface area contributed by atoms with Crippen molar-refractivity contribution in [2.24, 2.45) is 12.8 Å². The first-order chi connectivity index (χ1) is 16.4. The molecule has 0 aliphatic carbocycles. The highest BCUT2D eigenvalue weighted by Gasteiger charge is 2.18. The Hall–Kier alpha value is -4.44. The second kappa shape index (κ2) is 8.49. The van der Waals surface area contributed by atoms with E-state index in [1.165, 1.54) is 11.3 Å². The van der Waals surface area contributed by atoms with Crippen molar-refractivity contribution in [1.29, 1.82) is 5.41 Å². The van der Waals surface area contributed by atoms with Gasteiger partial charge in [0.25, 0.3) is 0 Å². The first-order valence-electron chi connectivity index (χ1n) is 10.4. The van der Waals surface area contributed by atoms with E-state index >= 15 is 0 Å². The summed E-state index contributed by atoms with van der Waals surface area (Å²) in [5.41, 5.74) is 10.3. The van der Waals surface area contributed by atoms with E-state index in [-0.39, 0.29) is 11.5 Å². The number of nitrogens with two attached hydrogens (primary N) is 1. The Balaban J connectivity index is 1.46. The molecule has 9 nitrogen and oxygen atoms in total. The molecule has 0 bridgehead atoms. The van der Waals surface area contributed by atoms with Gasteiger partial charge in [-0.2, -0.15) is 5.10 Å². The first kappa shape index (κ1) is 21.4. The zero-order valence-corrected chi connectivity index (χ0v) is 19.0. The van der Waals surface area contributed by atoms with Crippen molar-refractivity contribution in [3.8, 4) is 16.3 Å². The van der Waals surface area contributed by atoms with Crippen molar-refractivity contribution in [2.45, 2.75) is 6.54 Å². The third kappa shape index (κ3) is 3.90. The fourth-order valence-corrected chi connectivity index (χ4v) is 4.49. The number of aromatic nitrogens is 4. The summed E-state index contributed by atoms with van der Waals surface area (Å²) in [5, 5.41) is 26.6. The normalized spacial score (nSPS) is 11.1. The highest BCUT2D eigenvalue weighted by atomic mass is 32.1. The maximum absolute atomic E-state index is 11.6. The van der Waals surface area contributed by atoms with Crippen LogP contribution in [0.1, 0.15) is 21.9 Å².